The van der Waals surface area contributed by atoms with Gasteiger partial charge in [0.25, 0.3) is 0 Å². The largest absolute Gasteiger partial charge is 0.481 e. The lowest BCUT2D eigenvalue weighted by molar-refractivity contribution is -0.149. The van der Waals surface area contributed by atoms with E-state index in [9.17, 15) is 14.7 Å². The quantitative estimate of drug-likeness (QED) is 0.761. The minimum Gasteiger partial charge on any atom is -0.481 e. The van der Waals surface area contributed by atoms with Crippen LogP contribution in [0.4, 0.5) is 0 Å². The minimum atomic E-state index is -0.680. The molecule has 0 heterocycles. The number of aliphatic carboxylic acids is 1. The molecule has 3 aliphatic carbocycles. The van der Waals surface area contributed by atoms with Crippen LogP contribution in [0.5, 0.6) is 0 Å². The van der Waals surface area contributed by atoms with Crippen molar-refractivity contribution in [2.45, 2.75) is 46.0 Å². The Morgan fingerprint density at radius 1 is 1.29 bits per heavy atom. The van der Waals surface area contributed by atoms with Crippen molar-refractivity contribution in [2.24, 2.45) is 28.6 Å². The molecule has 3 nitrogen and oxygen atoms in total. The number of ketones is 1. The highest BCUT2D eigenvalue weighted by atomic mass is 16.4. The zero-order chi connectivity index (χ0) is 12.4. The second-order valence-electron chi connectivity index (χ2n) is 7.00. The summed E-state index contributed by atoms with van der Waals surface area (Å²) in [6.07, 6.45) is 3.85. The molecular formula is C14H20O3. The van der Waals surface area contributed by atoms with E-state index in [-0.39, 0.29) is 16.7 Å². The van der Waals surface area contributed by atoms with Gasteiger partial charge in [0.2, 0.25) is 0 Å². The highest BCUT2D eigenvalue weighted by molar-refractivity contribution is 5.84. The van der Waals surface area contributed by atoms with E-state index in [0.29, 0.717) is 30.5 Å². The molecule has 17 heavy (non-hydrogen) atoms. The maximum atomic E-state index is 11.8. The molecule has 3 heteroatoms. The molecule has 0 aromatic rings. The zero-order valence-electron chi connectivity index (χ0n) is 10.5. The second-order valence-corrected chi connectivity index (χ2v) is 7.00. The summed E-state index contributed by atoms with van der Waals surface area (Å²) in [6.45, 7) is 4.51. The monoisotopic (exact) mass is 236 g/mol. The molecule has 0 radical (unpaired) electrons. The maximum absolute atomic E-state index is 11.8. The average Bonchev–Trinajstić information content (AvgIpc) is 2.54. The summed E-state index contributed by atoms with van der Waals surface area (Å²) in [5.41, 5.74) is 0.0187. The van der Waals surface area contributed by atoms with Gasteiger partial charge in [-0.2, -0.15) is 0 Å². The first-order valence-electron chi connectivity index (χ1n) is 6.61. The number of carbonyl (C=O) groups is 2. The van der Waals surface area contributed by atoms with Crippen molar-refractivity contribution in [3.63, 3.8) is 0 Å². The smallest absolute Gasteiger partial charge is 0.307 e. The predicted octanol–water partition coefficient (Wildman–Crippen LogP) is 2.49. The summed E-state index contributed by atoms with van der Waals surface area (Å²) in [4.78, 5) is 23.3. The fourth-order valence-corrected chi connectivity index (χ4v) is 5.38. The predicted molar refractivity (Wildman–Crippen MR) is 62.4 cm³/mol. The van der Waals surface area contributed by atoms with Crippen LogP contribution in [0, 0.1) is 28.6 Å². The van der Waals surface area contributed by atoms with Crippen LogP contribution in [0.15, 0.2) is 0 Å². The fourth-order valence-electron chi connectivity index (χ4n) is 5.38. The molecule has 94 valence electrons. The van der Waals surface area contributed by atoms with Crippen LogP contribution in [0.25, 0.3) is 0 Å². The molecule has 0 aliphatic heterocycles. The Bertz CT molecular complexity index is 398. The Hall–Kier alpha value is -0.860. The van der Waals surface area contributed by atoms with Crippen LogP contribution in [-0.2, 0) is 9.59 Å². The highest BCUT2D eigenvalue weighted by Gasteiger charge is 2.67. The first kappa shape index (κ1) is 11.2. The molecule has 0 aromatic heterocycles. The standard InChI is InChI=1S/C14H20O3/c1-13(2)7-14-6-8(15)5-11(14)9(13)3-4-10(14)12(16)17/h9-11H,3-7H2,1-2H3,(H,16,17)/t9-,10-,11-,14-/m1/s1. The van der Waals surface area contributed by atoms with Crippen molar-refractivity contribution in [2.75, 3.05) is 0 Å². The van der Waals surface area contributed by atoms with E-state index >= 15 is 0 Å². The molecule has 3 saturated carbocycles. The molecule has 4 atom stereocenters. The summed E-state index contributed by atoms with van der Waals surface area (Å²) in [5, 5.41) is 9.45. The van der Waals surface area contributed by atoms with Gasteiger partial charge in [-0.05, 0) is 41.9 Å². The van der Waals surface area contributed by atoms with Crippen molar-refractivity contribution in [1.29, 1.82) is 0 Å². The molecule has 3 rings (SSSR count). The first-order valence-corrected chi connectivity index (χ1v) is 6.61. The zero-order valence-corrected chi connectivity index (χ0v) is 10.5. The Labute approximate surface area is 102 Å². The number of Topliss-reactive ketones (excluding diaryl/α,β-unsaturated/α-hetero) is 1. The molecule has 0 amide bonds. The molecule has 3 fully saturated rings. The van der Waals surface area contributed by atoms with E-state index in [4.69, 9.17) is 0 Å². The third-order valence-electron chi connectivity index (χ3n) is 5.74. The molecule has 2 bridgehead atoms. The number of carboxylic acid groups (broad SMARTS) is 1. The van der Waals surface area contributed by atoms with E-state index in [1.165, 1.54) is 0 Å². The molecule has 0 spiro atoms. The summed E-state index contributed by atoms with van der Waals surface area (Å²) < 4.78 is 0. The van der Waals surface area contributed by atoms with Crippen LogP contribution in [0.2, 0.25) is 0 Å². The molecular weight excluding hydrogens is 216 g/mol. The normalized spacial score (nSPS) is 46.9. The summed E-state index contributed by atoms with van der Waals surface area (Å²) in [6, 6.07) is 0. The lowest BCUT2D eigenvalue weighted by atomic mass is 9.62. The lowest BCUT2D eigenvalue weighted by Crippen LogP contribution is -2.40. The number of carboxylic acids is 1. The van der Waals surface area contributed by atoms with Gasteiger partial charge in [-0.25, -0.2) is 0 Å². The lowest BCUT2D eigenvalue weighted by Gasteiger charge is -2.40. The van der Waals surface area contributed by atoms with Crippen LogP contribution in [0.3, 0.4) is 0 Å². The van der Waals surface area contributed by atoms with Gasteiger partial charge >= 0.3 is 5.97 Å². The third-order valence-corrected chi connectivity index (χ3v) is 5.74. The molecule has 0 unspecified atom stereocenters. The van der Waals surface area contributed by atoms with E-state index in [1.807, 2.05) is 0 Å². The van der Waals surface area contributed by atoms with Gasteiger partial charge in [0.15, 0.2) is 0 Å². The van der Waals surface area contributed by atoms with E-state index in [2.05, 4.69) is 13.8 Å². The fraction of sp³-hybridized carbons (Fsp3) is 0.857. The van der Waals surface area contributed by atoms with Gasteiger partial charge in [0.05, 0.1) is 5.92 Å². The van der Waals surface area contributed by atoms with Gasteiger partial charge < -0.3 is 5.11 Å². The second kappa shape index (κ2) is 3.12. The number of rotatable bonds is 1. The Balaban J connectivity index is 2.07. The van der Waals surface area contributed by atoms with Gasteiger partial charge in [0.1, 0.15) is 5.78 Å². The van der Waals surface area contributed by atoms with Crippen LogP contribution in [-0.4, -0.2) is 16.9 Å². The molecule has 0 aromatic carbocycles. The number of hydrogen-bond donors (Lipinski definition) is 1. The van der Waals surface area contributed by atoms with Crippen LogP contribution >= 0.6 is 0 Å². The first-order chi connectivity index (χ1) is 7.87. The van der Waals surface area contributed by atoms with Crippen molar-refractivity contribution in [3.05, 3.63) is 0 Å². The van der Waals surface area contributed by atoms with Crippen LogP contribution in [0.1, 0.15) is 46.0 Å². The Kier molecular flexibility index (Phi) is 2.06. The van der Waals surface area contributed by atoms with E-state index in [0.717, 1.165) is 19.3 Å². The maximum Gasteiger partial charge on any atom is 0.307 e. The summed E-state index contributed by atoms with van der Waals surface area (Å²) in [5.74, 6) is 0.242. The minimum absolute atomic E-state index is 0.199. The van der Waals surface area contributed by atoms with Gasteiger partial charge in [-0.3, -0.25) is 9.59 Å². The summed E-state index contributed by atoms with van der Waals surface area (Å²) >= 11 is 0. The van der Waals surface area contributed by atoms with Gasteiger partial charge in [-0.15, -0.1) is 0 Å². The van der Waals surface area contributed by atoms with Crippen LogP contribution < -0.4 is 0 Å². The SMILES string of the molecule is CC1(C)C[C@@]23CC(=O)C[C@@H]2[C@H]1CC[C@@H]3C(=O)O. The topological polar surface area (TPSA) is 54.4 Å². The highest BCUT2D eigenvalue weighted by Crippen LogP contribution is 2.70. The Morgan fingerprint density at radius 2 is 2.00 bits per heavy atom. The average molecular weight is 236 g/mol. The van der Waals surface area contributed by atoms with Gasteiger partial charge in [-0.1, -0.05) is 13.8 Å². The van der Waals surface area contributed by atoms with Crippen molar-refractivity contribution < 1.29 is 14.7 Å². The van der Waals surface area contributed by atoms with Crippen molar-refractivity contribution in [3.8, 4) is 0 Å². The van der Waals surface area contributed by atoms with Gasteiger partial charge in [0, 0.05) is 12.8 Å². The van der Waals surface area contributed by atoms with E-state index in [1.54, 1.807) is 0 Å². The Morgan fingerprint density at radius 3 is 2.65 bits per heavy atom. The van der Waals surface area contributed by atoms with Crippen molar-refractivity contribution >= 4 is 11.8 Å². The molecule has 0 saturated heterocycles. The number of hydrogen-bond acceptors (Lipinski definition) is 2. The number of carbonyl (C=O) groups excluding carboxylic acids is 1. The molecule has 3 aliphatic rings. The summed E-state index contributed by atoms with van der Waals surface area (Å²) in [7, 11) is 0. The molecule has 1 N–H and O–H groups in total. The van der Waals surface area contributed by atoms with E-state index < -0.39 is 5.97 Å². The van der Waals surface area contributed by atoms with Crippen molar-refractivity contribution in [1.82, 2.24) is 0 Å². The third kappa shape index (κ3) is 1.28.